The van der Waals surface area contributed by atoms with Crippen LogP contribution in [0.4, 0.5) is 0 Å². The van der Waals surface area contributed by atoms with Crippen LogP contribution in [-0.4, -0.2) is 32.0 Å². The van der Waals surface area contributed by atoms with E-state index in [0.29, 0.717) is 5.84 Å². The lowest BCUT2D eigenvalue weighted by molar-refractivity contribution is 0.407. The van der Waals surface area contributed by atoms with Crippen molar-refractivity contribution >= 4 is 5.84 Å². The fraction of sp³-hybridized carbons (Fsp3) is 0.300. The molecule has 0 bridgehead atoms. The number of benzene rings is 1. The third-order valence-corrected chi connectivity index (χ3v) is 2.12. The first-order valence-corrected chi connectivity index (χ1v) is 4.56. The topological polar surface area (TPSA) is 62.9 Å². The quantitative estimate of drug-likeness (QED) is 0.326. The van der Waals surface area contributed by atoms with Gasteiger partial charge >= 0.3 is 0 Å². The average molecular weight is 208 g/mol. The van der Waals surface area contributed by atoms with Gasteiger partial charge in [-0.1, -0.05) is 0 Å². The van der Waals surface area contributed by atoms with Gasteiger partial charge < -0.3 is 10.6 Å². The molecule has 0 unspecified atom stereocenters. The smallest absolute Gasteiger partial charge is 0.169 e. The summed E-state index contributed by atoms with van der Waals surface area (Å²) >= 11 is 0. The Balaban J connectivity index is 2.94. The first-order valence-electron chi connectivity index (χ1n) is 4.56. The van der Waals surface area contributed by atoms with Gasteiger partial charge in [-0.15, -0.1) is 0 Å². The first-order chi connectivity index (χ1) is 7.22. The third kappa shape index (κ3) is 2.60. The van der Waals surface area contributed by atoms with E-state index >= 15 is 0 Å². The van der Waals surface area contributed by atoms with Gasteiger partial charge in [-0.3, -0.25) is 5.01 Å². The van der Waals surface area contributed by atoms with E-state index in [1.165, 1.54) is 0 Å². The third-order valence-electron chi connectivity index (χ3n) is 2.12. The van der Waals surface area contributed by atoms with Crippen LogP contribution in [0.15, 0.2) is 29.4 Å². The summed E-state index contributed by atoms with van der Waals surface area (Å²) < 4.78 is 5.07. The Morgan fingerprint density at radius 3 is 2.40 bits per heavy atom. The van der Waals surface area contributed by atoms with Crippen LogP contribution in [-0.2, 0) is 0 Å². The molecular formula is C10H16N4O. The van der Waals surface area contributed by atoms with Crippen LogP contribution >= 0.6 is 0 Å². The van der Waals surface area contributed by atoms with Crippen LogP contribution < -0.4 is 16.0 Å². The van der Waals surface area contributed by atoms with Gasteiger partial charge in [0.15, 0.2) is 5.84 Å². The number of hydrogen-bond donors (Lipinski definition) is 2. The Hall–Kier alpha value is -1.75. The molecule has 0 radical (unpaired) electrons. The van der Waals surface area contributed by atoms with Crippen molar-refractivity contribution in [1.29, 1.82) is 0 Å². The number of ether oxygens (including phenoxy) is 1. The molecule has 82 valence electrons. The molecule has 0 saturated heterocycles. The monoisotopic (exact) mass is 208 g/mol. The highest BCUT2D eigenvalue weighted by Gasteiger charge is 2.07. The van der Waals surface area contributed by atoms with E-state index in [9.17, 15) is 0 Å². The molecule has 0 saturated carbocycles. The number of nitrogens with two attached hydrogens (primary N) is 1. The molecule has 1 aromatic carbocycles. The first kappa shape index (κ1) is 11.3. The van der Waals surface area contributed by atoms with Crippen molar-refractivity contribution in [3.05, 3.63) is 29.8 Å². The fourth-order valence-electron chi connectivity index (χ4n) is 1.20. The maximum absolute atomic E-state index is 5.33. The minimum atomic E-state index is 0.667. The second-order valence-electron chi connectivity index (χ2n) is 2.96. The zero-order valence-corrected chi connectivity index (χ0v) is 9.19. The number of nitrogens with one attached hydrogen (secondary N) is 1. The van der Waals surface area contributed by atoms with E-state index in [4.69, 9.17) is 10.6 Å². The Morgan fingerprint density at radius 2 is 2.00 bits per heavy atom. The van der Waals surface area contributed by atoms with Gasteiger partial charge in [-0.25, -0.2) is 5.43 Å². The van der Waals surface area contributed by atoms with Crippen LogP contribution in [0.5, 0.6) is 5.75 Å². The summed E-state index contributed by atoms with van der Waals surface area (Å²) in [5, 5.41) is 5.46. The molecule has 1 aromatic rings. The molecule has 0 aromatic heterocycles. The summed E-state index contributed by atoms with van der Waals surface area (Å²) in [6.45, 7) is 0. The second-order valence-corrected chi connectivity index (χ2v) is 2.96. The summed E-state index contributed by atoms with van der Waals surface area (Å²) in [4.78, 5) is 0. The minimum absolute atomic E-state index is 0.667. The number of hydrazine groups is 1. The Kier molecular flexibility index (Phi) is 3.93. The highest BCUT2D eigenvalue weighted by molar-refractivity contribution is 5.98. The summed E-state index contributed by atoms with van der Waals surface area (Å²) in [6, 6.07) is 7.53. The van der Waals surface area contributed by atoms with Crippen LogP contribution in [0.1, 0.15) is 5.56 Å². The summed E-state index contributed by atoms with van der Waals surface area (Å²) in [7, 11) is 5.28. The predicted molar refractivity (Wildman–Crippen MR) is 60.5 cm³/mol. The summed E-state index contributed by atoms with van der Waals surface area (Å²) in [6.07, 6.45) is 0. The van der Waals surface area contributed by atoms with Crippen molar-refractivity contribution in [3.8, 4) is 5.75 Å². The molecule has 0 spiro atoms. The van der Waals surface area contributed by atoms with Gasteiger partial charge in [0, 0.05) is 19.7 Å². The van der Waals surface area contributed by atoms with Crippen molar-refractivity contribution in [2.75, 3.05) is 21.2 Å². The molecule has 0 aliphatic heterocycles. The van der Waals surface area contributed by atoms with E-state index < -0.39 is 0 Å². The van der Waals surface area contributed by atoms with E-state index in [2.05, 4.69) is 10.5 Å². The lowest BCUT2D eigenvalue weighted by Crippen LogP contribution is -2.38. The van der Waals surface area contributed by atoms with E-state index in [1.54, 1.807) is 19.2 Å². The Labute approximate surface area is 89.5 Å². The van der Waals surface area contributed by atoms with Crippen LogP contribution in [0.25, 0.3) is 0 Å². The standard InChI is InChI=1S/C10H16N4O/c1-12-14(2)10(13-11)8-4-6-9(15-3)7-5-8/h4-7,12H,11H2,1-3H3/b13-10+. The molecular weight excluding hydrogens is 192 g/mol. The summed E-state index contributed by atoms with van der Waals surface area (Å²) in [5.74, 6) is 6.80. The normalized spacial score (nSPS) is 11.3. The fourth-order valence-corrected chi connectivity index (χ4v) is 1.20. The number of nitrogens with zero attached hydrogens (tertiary/aromatic N) is 2. The van der Waals surface area contributed by atoms with Gasteiger partial charge in [0.1, 0.15) is 5.75 Å². The average Bonchev–Trinajstić information content (AvgIpc) is 2.30. The van der Waals surface area contributed by atoms with E-state index in [1.807, 2.05) is 31.3 Å². The molecule has 0 atom stereocenters. The lowest BCUT2D eigenvalue weighted by atomic mass is 10.2. The van der Waals surface area contributed by atoms with Gasteiger partial charge in [0.25, 0.3) is 0 Å². The van der Waals surface area contributed by atoms with Crippen molar-refractivity contribution in [2.24, 2.45) is 10.9 Å². The maximum atomic E-state index is 5.33. The summed E-state index contributed by atoms with van der Waals surface area (Å²) in [5.41, 5.74) is 3.86. The molecule has 0 heterocycles. The molecule has 3 N–H and O–H groups in total. The molecule has 5 nitrogen and oxygen atoms in total. The Morgan fingerprint density at radius 1 is 1.40 bits per heavy atom. The number of hydrogen-bond acceptors (Lipinski definition) is 4. The zero-order valence-electron chi connectivity index (χ0n) is 9.19. The molecule has 1 rings (SSSR count). The molecule has 0 fully saturated rings. The van der Waals surface area contributed by atoms with Crippen LogP contribution in [0, 0.1) is 0 Å². The maximum Gasteiger partial charge on any atom is 0.169 e. The number of methoxy groups -OCH3 is 1. The highest BCUT2D eigenvalue weighted by Crippen LogP contribution is 2.12. The van der Waals surface area contributed by atoms with Crippen molar-refractivity contribution < 1.29 is 4.74 Å². The molecule has 0 amide bonds. The van der Waals surface area contributed by atoms with Crippen LogP contribution in [0.2, 0.25) is 0 Å². The van der Waals surface area contributed by atoms with Gasteiger partial charge in [-0.05, 0) is 24.3 Å². The molecule has 5 heteroatoms. The Bertz CT molecular complexity index is 334. The van der Waals surface area contributed by atoms with Gasteiger partial charge in [0.2, 0.25) is 0 Å². The van der Waals surface area contributed by atoms with E-state index in [0.717, 1.165) is 11.3 Å². The number of rotatable bonds is 3. The molecule has 15 heavy (non-hydrogen) atoms. The van der Waals surface area contributed by atoms with Gasteiger partial charge in [-0.2, -0.15) is 5.10 Å². The van der Waals surface area contributed by atoms with Crippen molar-refractivity contribution in [1.82, 2.24) is 10.4 Å². The van der Waals surface area contributed by atoms with Crippen LogP contribution in [0.3, 0.4) is 0 Å². The molecule has 0 aliphatic carbocycles. The highest BCUT2D eigenvalue weighted by atomic mass is 16.5. The van der Waals surface area contributed by atoms with Gasteiger partial charge in [0.05, 0.1) is 7.11 Å². The number of hydrazone groups is 1. The predicted octanol–water partition coefficient (Wildman–Crippen LogP) is 0.382. The molecule has 0 aliphatic rings. The van der Waals surface area contributed by atoms with Crippen molar-refractivity contribution in [3.63, 3.8) is 0 Å². The largest absolute Gasteiger partial charge is 0.497 e. The SMILES string of the molecule is CNN(C)/C(=N/N)c1ccc(OC)cc1. The number of amidine groups is 1. The van der Waals surface area contributed by atoms with Crippen molar-refractivity contribution in [2.45, 2.75) is 0 Å². The minimum Gasteiger partial charge on any atom is -0.497 e. The van der Waals surface area contributed by atoms with E-state index in [-0.39, 0.29) is 0 Å². The lowest BCUT2D eigenvalue weighted by Gasteiger charge is -2.19. The second kappa shape index (κ2) is 5.21. The zero-order chi connectivity index (χ0) is 11.3.